The summed E-state index contributed by atoms with van der Waals surface area (Å²) in [4.78, 5) is 12.3. The number of rotatable bonds is 4. The maximum atomic E-state index is 12.2. The van der Waals surface area contributed by atoms with Crippen molar-refractivity contribution >= 4 is 21.6 Å². The number of sulfonamides is 1. The van der Waals surface area contributed by atoms with Crippen LogP contribution in [0.3, 0.4) is 0 Å². The molecule has 2 unspecified atom stereocenters. The number of nitrogens with one attached hydrogen (secondary N) is 2. The molecule has 0 aromatic heterocycles. The fourth-order valence-electron chi connectivity index (χ4n) is 3.80. The van der Waals surface area contributed by atoms with E-state index in [9.17, 15) is 13.2 Å². The van der Waals surface area contributed by atoms with E-state index in [1.54, 1.807) is 19.1 Å². The minimum atomic E-state index is -3.78. The van der Waals surface area contributed by atoms with E-state index >= 15 is 0 Å². The lowest BCUT2D eigenvalue weighted by Gasteiger charge is -2.28. The summed E-state index contributed by atoms with van der Waals surface area (Å²) in [5.41, 5.74) is 1.04. The van der Waals surface area contributed by atoms with Crippen molar-refractivity contribution in [2.75, 3.05) is 5.32 Å². The minimum Gasteiger partial charge on any atom is -0.326 e. The Morgan fingerprint density at radius 1 is 1.30 bits per heavy atom. The quantitative estimate of drug-likeness (QED) is 0.775. The number of carbonyl (C=O) groups excluding carboxylic acids is 1. The molecule has 2 bridgehead atoms. The molecule has 2 aliphatic rings. The Hall–Kier alpha value is -1.44. The fraction of sp³-hybridized carbons (Fsp3) is 0.562. The predicted octanol–water partition coefficient (Wildman–Crippen LogP) is 1.50. The van der Waals surface area contributed by atoms with Gasteiger partial charge >= 0.3 is 0 Å². The maximum Gasteiger partial charge on any atom is 0.238 e. The van der Waals surface area contributed by atoms with Gasteiger partial charge in [0.2, 0.25) is 15.9 Å². The van der Waals surface area contributed by atoms with Crippen LogP contribution in [0, 0.1) is 12.8 Å². The van der Waals surface area contributed by atoms with Crippen molar-refractivity contribution < 1.29 is 13.2 Å². The van der Waals surface area contributed by atoms with E-state index in [1.807, 2.05) is 0 Å². The smallest absolute Gasteiger partial charge is 0.238 e. The summed E-state index contributed by atoms with van der Waals surface area (Å²) in [5.74, 6) is 0.331. The van der Waals surface area contributed by atoms with Crippen LogP contribution in [-0.2, 0) is 14.8 Å². The zero-order valence-corrected chi connectivity index (χ0v) is 14.0. The molecule has 0 radical (unpaired) electrons. The summed E-state index contributed by atoms with van der Waals surface area (Å²) in [6.07, 6.45) is 4.98. The number of amides is 1. The normalized spacial score (nSPS) is 27.0. The number of aryl methyl sites for hydroxylation is 1. The van der Waals surface area contributed by atoms with Gasteiger partial charge in [0.25, 0.3) is 0 Å². The van der Waals surface area contributed by atoms with E-state index in [4.69, 9.17) is 5.14 Å². The van der Waals surface area contributed by atoms with E-state index in [0.29, 0.717) is 35.7 Å². The number of primary sulfonamides is 1. The first kappa shape index (κ1) is 16.4. The Labute approximate surface area is 136 Å². The van der Waals surface area contributed by atoms with Gasteiger partial charge in [0.15, 0.2) is 0 Å². The zero-order valence-electron chi connectivity index (χ0n) is 13.2. The van der Waals surface area contributed by atoms with Crippen molar-refractivity contribution in [3.8, 4) is 0 Å². The monoisotopic (exact) mass is 337 g/mol. The van der Waals surface area contributed by atoms with Gasteiger partial charge in [0.05, 0.1) is 4.90 Å². The molecule has 126 valence electrons. The lowest BCUT2D eigenvalue weighted by molar-refractivity contribution is -0.117. The van der Waals surface area contributed by atoms with Crippen LogP contribution >= 0.6 is 0 Å². The summed E-state index contributed by atoms with van der Waals surface area (Å²) in [7, 11) is -3.78. The molecule has 1 aromatic carbocycles. The molecule has 1 aromatic rings. The van der Waals surface area contributed by atoms with Gasteiger partial charge < -0.3 is 10.6 Å². The highest BCUT2D eigenvalue weighted by Gasteiger charge is 2.34. The molecular formula is C16H23N3O3S. The average molecular weight is 337 g/mol. The van der Waals surface area contributed by atoms with Crippen LogP contribution in [0.4, 0.5) is 5.69 Å². The molecule has 4 N–H and O–H groups in total. The molecule has 1 amide bonds. The van der Waals surface area contributed by atoms with E-state index in [1.165, 1.54) is 18.9 Å². The molecule has 0 spiro atoms. The van der Waals surface area contributed by atoms with Gasteiger partial charge in [-0.05, 0) is 56.2 Å². The lowest BCUT2D eigenvalue weighted by atomic mass is 9.89. The summed E-state index contributed by atoms with van der Waals surface area (Å²) >= 11 is 0. The van der Waals surface area contributed by atoms with Gasteiger partial charge in [-0.3, -0.25) is 4.79 Å². The number of hydrogen-bond acceptors (Lipinski definition) is 4. The maximum absolute atomic E-state index is 12.2. The molecule has 7 heteroatoms. The molecule has 2 fully saturated rings. The van der Waals surface area contributed by atoms with Crippen LogP contribution in [-0.4, -0.2) is 26.4 Å². The van der Waals surface area contributed by atoms with Gasteiger partial charge in [0, 0.05) is 24.2 Å². The first-order valence-electron chi connectivity index (χ1n) is 8.00. The van der Waals surface area contributed by atoms with Gasteiger partial charge in [-0.15, -0.1) is 0 Å². The Morgan fingerprint density at radius 2 is 1.96 bits per heavy atom. The second-order valence-electron chi connectivity index (χ2n) is 6.75. The number of anilines is 1. The number of piperidine rings is 1. The first-order valence-corrected chi connectivity index (χ1v) is 9.55. The second kappa shape index (κ2) is 6.22. The minimum absolute atomic E-state index is 0.0511. The summed E-state index contributed by atoms with van der Waals surface area (Å²) < 4.78 is 23.1. The highest BCUT2D eigenvalue weighted by atomic mass is 32.2. The Morgan fingerprint density at radius 3 is 2.57 bits per heavy atom. The second-order valence-corrected chi connectivity index (χ2v) is 8.28. The van der Waals surface area contributed by atoms with Crippen LogP contribution in [0.15, 0.2) is 23.1 Å². The van der Waals surface area contributed by atoms with Crippen molar-refractivity contribution in [1.29, 1.82) is 0 Å². The van der Waals surface area contributed by atoms with E-state index in [0.717, 1.165) is 12.8 Å². The van der Waals surface area contributed by atoms with Gasteiger partial charge in [-0.1, -0.05) is 6.07 Å². The molecule has 23 heavy (non-hydrogen) atoms. The molecule has 6 nitrogen and oxygen atoms in total. The molecule has 2 atom stereocenters. The summed E-state index contributed by atoms with van der Waals surface area (Å²) in [6.45, 7) is 1.68. The summed E-state index contributed by atoms with van der Waals surface area (Å²) in [5, 5.41) is 11.6. The third-order valence-electron chi connectivity index (χ3n) is 4.82. The number of fused-ring (bicyclic) bond motifs is 2. The molecule has 2 aliphatic heterocycles. The van der Waals surface area contributed by atoms with Crippen molar-refractivity contribution in [3.05, 3.63) is 23.8 Å². The number of nitrogens with two attached hydrogens (primary N) is 1. The predicted molar refractivity (Wildman–Crippen MR) is 88.5 cm³/mol. The van der Waals surface area contributed by atoms with Crippen molar-refractivity contribution in [3.63, 3.8) is 0 Å². The van der Waals surface area contributed by atoms with Crippen molar-refractivity contribution in [1.82, 2.24) is 5.32 Å². The van der Waals surface area contributed by atoms with Gasteiger partial charge in [-0.25, -0.2) is 13.6 Å². The highest BCUT2D eigenvalue weighted by Crippen LogP contribution is 2.32. The molecular weight excluding hydrogens is 314 g/mol. The molecule has 2 heterocycles. The largest absolute Gasteiger partial charge is 0.326 e. The Balaban J connectivity index is 1.64. The third-order valence-corrected chi connectivity index (χ3v) is 5.88. The lowest BCUT2D eigenvalue weighted by Crippen LogP contribution is -2.39. The topological polar surface area (TPSA) is 101 Å². The zero-order chi connectivity index (χ0) is 16.6. The van der Waals surface area contributed by atoms with Crippen LogP contribution in [0.2, 0.25) is 0 Å². The molecule has 2 saturated heterocycles. The van der Waals surface area contributed by atoms with Gasteiger partial charge in [0.1, 0.15) is 0 Å². The fourth-order valence-corrected chi connectivity index (χ4v) is 4.61. The van der Waals surface area contributed by atoms with Crippen molar-refractivity contribution in [2.24, 2.45) is 11.1 Å². The van der Waals surface area contributed by atoms with Crippen molar-refractivity contribution in [2.45, 2.75) is 56.0 Å². The number of benzene rings is 1. The number of carbonyl (C=O) groups is 1. The van der Waals surface area contributed by atoms with Crippen LogP contribution in [0.5, 0.6) is 0 Å². The van der Waals surface area contributed by atoms with Gasteiger partial charge in [-0.2, -0.15) is 0 Å². The summed E-state index contributed by atoms with van der Waals surface area (Å²) in [6, 6.07) is 5.89. The molecule has 0 saturated carbocycles. The standard InChI is InChI=1S/C16H23N3O3S/c1-10-2-3-14(9-15(10)23(17,21)22)19-16(20)8-11-6-12-4-5-13(7-11)18-12/h2-3,9,11-13,18H,4-8H2,1H3,(H,19,20)(H2,17,21,22). The van der Waals surface area contributed by atoms with E-state index < -0.39 is 10.0 Å². The Kier molecular flexibility index (Phi) is 4.44. The molecule has 3 rings (SSSR count). The van der Waals surface area contributed by atoms with Crippen LogP contribution < -0.4 is 15.8 Å². The third kappa shape index (κ3) is 3.91. The first-order chi connectivity index (χ1) is 10.8. The van der Waals surface area contributed by atoms with E-state index in [-0.39, 0.29) is 10.8 Å². The number of hydrogen-bond donors (Lipinski definition) is 3. The SMILES string of the molecule is Cc1ccc(NC(=O)CC2CC3CCC(C2)N3)cc1S(N)(=O)=O. The highest BCUT2D eigenvalue weighted by molar-refractivity contribution is 7.89. The van der Waals surface area contributed by atoms with Crippen LogP contribution in [0.25, 0.3) is 0 Å². The Bertz CT molecular complexity index is 705. The van der Waals surface area contributed by atoms with E-state index in [2.05, 4.69) is 10.6 Å². The molecule has 0 aliphatic carbocycles. The average Bonchev–Trinajstić information content (AvgIpc) is 2.79. The van der Waals surface area contributed by atoms with Crippen LogP contribution in [0.1, 0.15) is 37.7 Å².